The smallest absolute Gasteiger partial charge is 0.127 e. The van der Waals surface area contributed by atoms with E-state index in [9.17, 15) is 0 Å². The molecule has 0 N–H and O–H groups in total. The lowest BCUT2D eigenvalue weighted by atomic mass is 9.97. The summed E-state index contributed by atoms with van der Waals surface area (Å²) in [6.45, 7) is 4.32. The van der Waals surface area contributed by atoms with Gasteiger partial charge in [0.15, 0.2) is 0 Å². The fourth-order valence-corrected chi connectivity index (χ4v) is 3.21. The van der Waals surface area contributed by atoms with Crippen LogP contribution in [0.3, 0.4) is 0 Å². The first-order valence-corrected chi connectivity index (χ1v) is 9.14. The average Bonchev–Trinajstić information content (AvgIpc) is 2.72. The Balaban J connectivity index is 2.03. The molecule has 0 bridgehead atoms. The summed E-state index contributed by atoms with van der Waals surface area (Å²) >= 11 is 0. The number of ether oxygens (including phenoxy) is 2. The van der Waals surface area contributed by atoms with Gasteiger partial charge in [0.2, 0.25) is 0 Å². The van der Waals surface area contributed by atoms with Crippen LogP contribution in [0.25, 0.3) is 22.3 Å². The second-order valence-corrected chi connectivity index (χ2v) is 6.35. The number of hydrogen-bond donors (Lipinski definition) is 0. The van der Waals surface area contributed by atoms with Gasteiger partial charge < -0.3 is 9.47 Å². The first-order chi connectivity index (χ1) is 12.7. The van der Waals surface area contributed by atoms with Crippen molar-refractivity contribution in [3.8, 4) is 33.8 Å². The molecular formula is C24H26O2. The number of hydrogen-bond acceptors (Lipinski definition) is 2. The number of methoxy groups -OCH3 is 2. The van der Waals surface area contributed by atoms with Crippen LogP contribution in [0.4, 0.5) is 0 Å². The summed E-state index contributed by atoms with van der Waals surface area (Å²) in [5, 5.41) is 0. The molecule has 2 heteroatoms. The minimum atomic E-state index is 0.869. The molecule has 0 amide bonds. The second kappa shape index (κ2) is 8.09. The van der Waals surface area contributed by atoms with Gasteiger partial charge in [-0.2, -0.15) is 0 Å². The fraction of sp³-hybridized carbons (Fsp3) is 0.250. The molecule has 0 aliphatic carbocycles. The molecule has 0 aromatic heterocycles. The van der Waals surface area contributed by atoms with E-state index in [1.54, 1.807) is 14.2 Å². The van der Waals surface area contributed by atoms with E-state index in [1.165, 1.54) is 16.7 Å². The van der Waals surface area contributed by atoms with Crippen molar-refractivity contribution < 1.29 is 9.47 Å². The predicted molar refractivity (Wildman–Crippen MR) is 109 cm³/mol. The van der Waals surface area contributed by atoms with Gasteiger partial charge in [-0.3, -0.25) is 0 Å². The molecule has 3 aromatic carbocycles. The molecule has 0 radical (unpaired) electrons. The van der Waals surface area contributed by atoms with E-state index in [4.69, 9.17) is 9.47 Å². The van der Waals surface area contributed by atoms with E-state index in [2.05, 4.69) is 74.5 Å². The van der Waals surface area contributed by atoms with Crippen LogP contribution in [0.15, 0.2) is 60.7 Å². The van der Waals surface area contributed by atoms with Crippen molar-refractivity contribution >= 4 is 0 Å². The van der Waals surface area contributed by atoms with Gasteiger partial charge in [-0.15, -0.1) is 0 Å². The van der Waals surface area contributed by atoms with Gasteiger partial charge in [-0.25, -0.2) is 0 Å². The summed E-state index contributed by atoms with van der Waals surface area (Å²) in [6, 6.07) is 21.4. The molecule has 0 saturated heterocycles. The van der Waals surface area contributed by atoms with E-state index < -0.39 is 0 Å². The van der Waals surface area contributed by atoms with E-state index in [-0.39, 0.29) is 0 Å². The van der Waals surface area contributed by atoms with Crippen molar-refractivity contribution in [2.75, 3.05) is 14.2 Å². The molecule has 3 rings (SSSR count). The Hall–Kier alpha value is -2.74. The SMILES string of the molecule is CCc1ccc(-c2ccc(-c3ccc(CC)cc3OC)cc2OC)cc1. The number of aryl methyl sites for hydroxylation is 2. The maximum absolute atomic E-state index is 5.70. The van der Waals surface area contributed by atoms with Crippen LogP contribution >= 0.6 is 0 Å². The number of benzene rings is 3. The van der Waals surface area contributed by atoms with E-state index in [0.29, 0.717) is 0 Å². The van der Waals surface area contributed by atoms with Gasteiger partial charge in [0.1, 0.15) is 11.5 Å². The molecule has 0 unspecified atom stereocenters. The lowest BCUT2D eigenvalue weighted by Gasteiger charge is -2.14. The highest BCUT2D eigenvalue weighted by Gasteiger charge is 2.12. The molecule has 0 aliphatic heterocycles. The first kappa shape index (κ1) is 18.1. The Labute approximate surface area is 156 Å². The van der Waals surface area contributed by atoms with E-state index >= 15 is 0 Å². The van der Waals surface area contributed by atoms with Crippen molar-refractivity contribution in [1.29, 1.82) is 0 Å². The average molecular weight is 346 g/mol. The molecule has 26 heavy (non-hydrogen) atoms. The molecule has 0 saturated carbocycles. The standard InChI is InChI=1S/C24H26O2/c1-5-17-7-10-19(11-8-17)21-14-12-20(16-24(21)26-4)22-13-9-18(6-2)15-23(22)25-3/h7-16H,5-6H2,1-4H3. The molecular weight excluding hydrogens is 320 g/mol. The molecule has 3 aromatic rings. The Kier molecular flexibility index (Phi) is 5.62. The van der Waals surface area contributed by atoms with E-state index in [0.717, 1.165) is 41.0 Å². The van der Waals surface area contributed by atoms with Crippen LogP contribution in [-0.2, 0) is 12.8 Å². The summed E-state index contributed by atoms with van der Waals surface area (Å²) in [6.07, 6.45) is 2.04. The molecule has 0 atom stereocenters. The van der Waals surface area contributed by atoms with Crippen LogP contribution in [0.2, 0.25) is 0 Å². The van der Waals surface area contributed by atoms with Crippen LogP contribution in [-0.4, -0.2) is 14.2 Å². The number of rotatable bonds is 6. The third-order valence-electron chi connectivity index (χ3n) is 4.86. The molecule has 0 heterocycles. The minimum absolute atomic E-state index is 0.869. The van der Waals surface area contributed by atoms with Crippen LogP contribution < -0.4 is 9.47 Å². The van der Waals surface area contributed by atoms with Crippen molar-refractivity contribution in [3.63, 3.8) is 0 Å². The Morgan fingerprint density at radius 3 is 1.69 bits per heavy atom. The van der Waals surface area contributed by atoms with Crippen LogP contribution in [0.5, 0.6) is 11.5 Å². The summed E-state index contributed by atoms with van der Waals surface area (Å²) in [5.74, 6) is 1.76. The zero-order chi connectivity index (χ0) is 18.5. The molecule has 0 fully saturated rings. The zero-order valence-corrected chi connectivity index (χ0v) is 16.0. The van der Waals surface area contributed by atoms with Gasteiger partial charge in [0.05, 0.1) is 14.2 Å². The summed E-state index contributed by atoms with van der Waals surface area (Å²) in [5.41, 5.74) is 7.04. The normalized spacial score (nSPS) is 10.6. The lowest BCUT2D eigenvalue weighted by Crippen LogP contribution is -1.93. The highest BCUT2D eigenvalue weighted by Crippen LogP contribution is 2.37. The van der Waals surface area contributed by atoms with E-state index in [1.807, 2.05) is 0 Å². The molecule has 134 valence electrons. The second-order valence-electron chi connectivity index (χ2n) is 6.35. The summed E-state index contributed by atoms with van der Waals surface area (Å²) < 4.78 is 11.3. The third-order valence-corrected chi connectivity index (χ3v) is 4.86. The first-order valence-electron chi connectivity index (χ1n) is 9.14. The van der Waals surface area contributed by atoms with Gasteiger partial charge in [-0.05, 0) is 47.2 Å². The predicted octanol–water partition coefficient (Wildman–Crippen LogP) is 6.16. The van der Waals surface area contributed by atoms with Gasteiger partial charge in [0.25, 0.3) is 0 Å². The van der Waals surface area contributed by atoms with Gasteiger partial charge in [0, 0.05) is 11.1 Å². The maximum atomic E-state index is 5.70. The summed E-state index contributed by atoms with van der Waals surface area (Å²) in [7, 11) is 3.44. The molecule has 2 nitrogen and oxygen atoms in total. The van der Waals surface area contributed by atoms with Crippen LogP contribution in [0, 0.1) is 0 Å². The van der Waals surface area contributed by atoms with Crippen molar-refractivity contribution in [2.24, 2.45) is 0 Å². The highest BCUT2D eigenvalue weighted by atomic mass is 16.5. The fourth-order valence-electron chi connectivity index (χ4n) is 3.21. The quantitative estimate of drug-likeness (QED) is 0.532. The molecule has 0 aliphatic rings. The topological polar surface area (TPSA) is 18.5 Å². The Bertz CT molecular complexity index is 879. The Morgan fingerprint density at radius 2 is 1.08 bits per heavy atom. The Morgan fingerprint density at radius 1 is 0.577 bits per heavy atom. The zero-order valence-electron chi connectivity index (χ0n) is 16.0. The van der Waals surface area contributed by atoms with Crippen molar-refractivity contribution in [3.05, 3.63) is 71.8 Å². The molecule has 0 spiro atoms. The third kappa shape index (κ3) is 3.60. The summed E-state index contributed by atoms with van der Waals surface area (Å²) in [4.78, 5) is 0. The maximum Gasteiger partial charge on any atom is 0.127 e. The van der Waals surface area contributed by atoms with Gasteiger partial charge >= 0.3 is 0 Å². The minimum Gasteiger partial charge on any atom is -0.496 e. The van der Waals surface area contributed by atoms with Crippen molar-refractivity contribution in [2.45, 2.75) is 26.7 Å². The van der Waals surface area contributed by atoms with Crippen molar-refractivity contribution in [1.82, 2.24) is 0 Å². The largest absolute Gasteiger partial charge is 0.496 e. The van der Waals surface area contributed by atoms with Crippen LogP contribution in [0.1, 0.15) is 25.0 Å². The highest BCUT2D eigenvalue weighted by molar-refractivity contribution is 5.79. The lowest BCUT2D eigenvalue weighted by molar-refractivity contribution is 0.414. The monoisotopic (exact) mass is 346 g/mol. The van der Waals surface area contributed by atoms with Gasteiger partial charge in [-0.1, -0.05) is 62.4 Å².